The van der Waals surface area contributed by atoms with Gasteiger partial charge in [-0.25, -0.2) is 13.6 Å². The number of methoxy groups -OCH3 is 1. The van der Waals surface area contributed by atoms with Gasteiger partial charge in [-0.1, -0.05) is 0 Å². The predicted molar refractivity (Wildman–Crippen MR) is 49.9 cm³/mol. The van der Waals surface area contributed by atoms with Crippen molar-refractivity contribution in [2.45, 2.75) is 4.90 Å². The van der Waals surface area contributed by atoms with Crippen molar-refractivity contribution in [3.63, 3.8) is 0 Å². The summed E-state index contributed by atoms with van der Waals surface area (Å²) in [5.41, 5.74) is 0. The van der Waals surface area contributed by atoms with Gasteiger partial charge in [0, 0.05) is 6.20 Å². The monoisotopic (exact) mass is 266 g/mol. The largest absolute Gasteiger partial charge is 0.494 e. The number of nitrogens with zero attached hydrogens (tertiary/aromatic N) is 1. The summed E-state index contributed by atoms with van der Waals surface area (Å²) in [6, 6.07) is 0. The molecule has 0 fully saturated rings. The van der Waals surface area contributed by atoms with Crippen LogP contribution in [0.2, 0.25) is 0 Å². The molecule has 0 aromatic carbocycles. The molecule has 0 saturated heterocycles. The van der Waals surface area contributed by atoms with Crippen LogP contribution < -0.4 is 9.88 Å². The fourth-order valence-corrected chi connectivity index (χ4v) is 2.09. The standard InChI is InChI=1S/C6H7BrN2O3S/c1-12-6-4(7)2-9-3-5(6)13(8,10)11/h2-3H,1H3,(H2,8,10,11). The third-order valence-electron chi connectivity index (χ3n) is 1.33. The van der Waals surface area contributed by atoms with E-state index in [-0.39, 0.29) is 10.6 Å². The van der Waals surface area contributed by atoms with Crippen LogP contribution in [0.5, 0.6) is 5.75 Å². The molecule has 1 rings (SSSR count). The van der Waals surface area contributed by atoms with E-state index in [0.717, 1.165) is 6.20 Å². The zero-order valence-electron chi connectivity index (χ0n) is 6.69. The van der Waals surface area contributed by atoms with Crippen LogP contribution in [0.15, 0.2) is 21.8 Å². The fourth-order valence-electron chi connectivity index (χ4n) is 0.806. The number of ether oxygens (including phenoxy) is 1. The minimum absolute atomic E-state index is 0.135. The SMILES string of the molecule is COc1c(Br)cncc1S(N)(=O)=O. The average molecular weight is 267 g/mol. The summed E-state index contributed by atoms with van der Waals surface area (Å²) in [5.74, 6) is 0.164. The number of pyridine rings is 1. The Morgan fingerprint density at radius 1 is 1.54 bits per heavy atom. The normalized spacial score (nSPS) is 11.3. The minimum atomic E-state index is -3.79. The van der Waals surface area contributed by atoms with E-state index in [9.17, 15) is 8.42 Å². The van der Waals surface area contributed by atoms with Crippen LogP contribution in [0.4, 0.5) is 0 Å². The van der Waals surface area contributed by atoms with Crippen molar-refractivity contribution in [2.24, 2.45) is 5.14 Å². The van der Waals surface area contributed by atoms with Gasteiger partial charge < -0.3 is 4.74 Å². The van der Waals surface area contributed by atoms with E-state index in [2.05, 4.69) is 20.9 Å². The second-order valence-electron chi connectivity index (χ2n) is 2.20. The first-order valence-corrected chi connectivity index (χ1v) is 5.51. The Bertz CT molecular complexity index is 418. The molecule has 0 aliphatic rings. The van der Waals surface area contributed by atoms with E-state index < -0.39 is 10.0 Å². The lowest BCUT2D eigenvalue weighted by Crippen LogP contribution is -2.13. The summed E-state index contributed by atoms with van der Waals surface area (Å²) < 4.78 is 27.3. The highest BCUT2D eigenvalue weighted by Gasteiger charge is 2.17. The quantitative estimate of drug-likeness (QED) is 0.845. The molecule has 1 heterocycles. The Labute approximate surface area is 84.1 Å². The van der Waals surface area contributed by atoms with Gasteiger partial charge >= 0.3 is 0 Å². The molecule has 13 heavy (non-hydrogen) atoms. The van der Waals surface area contributed by atoms with Crippen molar-refractivity contribution in [1.82, 2.24) is 4.98 Å². The fraction of sp³-hybridized carbons (Fsp3) is 0.167. The highest BCUT2D eigenvalue weighted by Crippen LogP contribution is 2.29. The van der Waals surface area contributed by atoms with Gasteiger partial charge in [0.2, 0.25) is 10.0 Å². The average Bonchev–Trinajstić information content (AvgIpc) is 2.02. The molecule has 1 aromatic rings. The summed E-state index contributed by atoms with van der Waals surface area (Å²) in [6.07, 6.45) is 2.56. The zero-order chi connectivity index (χ0) is 10.1. The molecule has 0 bridgehead atoms. The summed E-state index contributed by atoms with van der Waals surface area (Å²) in [4.78, 5) is 3.54. The summed E-state index contributed by atoms with van der Waals surface area (Å²) in [6.45, 7) is 0. The van der Waals surface area contributed by atoms with E-state index in [1.54, 1.807) is 0 Å². The summed E-state index contributed by atoms with van der Waals surface area (Å²) in [7, 11) is -2.43. The molecule has 0 saturated carbocycles. The van der Waals surface area contributed by atoms with Crippen molar-refractivity contribution in [3.05, 3.63) is 16.9 Å². The Balaban J connectivity index is 3.47. The van der Waals surface area contributed by atoms with Crippen molar-refractivity contribution < 1.29 is 13.2 Å². The van der Waals surface area contributed by atoms with Gasteiger partial charge in [-0.15, -0.1) is 0 Å². The minimum Gasteiger partial charge on any atom is -0.494 e. The molecule has 5 nitrogen and oxygen atoms in total. The van der Waals surface area contributed by atoms with Crippen molar-refractivity contribution in [1.29, 1.82) is 0 Å². The molecule has 1 aromatic heterocycles. The highest BCUT2D eigenvalue weighted by molar-refractivity contribution is 9.10. The molecular formula is C6H7BrN2O3S. The van der Waals surface area contributed by atoms with Crippen LogP contribution in [0.3, 0.4) is 0 Å². The van der Waals surface area contributed by atoms with Gasteiger partial charge in [0.15, 0.2) is 5.75 Å². The van der Waals surface area contributed by atoms with E-state index in [4.69, 9.17) is 9.88 Å². The lowest BCUT2D eigenvalue weighted by Gasteiger charge is -2.06. The molecular weight excluding hydrogens is 260 g/mol. The molecule has 0 radical (unpaired) electrons. The van der Waals surface area contributed by atoms with Gasteiger partial charge in [-0.05, 0) is 15.9 Å². The number of primary sulfonamides is 1. The number of hydrogen-bond acceptors (Lipinski definition) is 4. The second-order valence-corrected chi connectivity index (χ2v) is 4.58. The molecule has 0 atom stereocenters. The number of halogens is 1. The van der Waals surface area contributed by atoms with Gasteiger partial charge in [-0.3, -0.25) is 4.98 Å². The van der Waals surface area contributed by atoms with E-state index in [0.29, 0.717) is 4.47 Å². The smallest absolute Gasteiger partial charge is 0.243 e. The van der Waals surface area contributed by atoms with Crippen LogP contribution in [0.25, 0.3) is 0 Å². The molecule has 2 N–H and O–H groups in total. The predicted octanol–water partition coefficient (Wildman–Crippen LogP) is 0.500. The maximum Gasteiger partial charge on any atom is 0.243 e. The number of sulfonamides is 1. The molecule has 0 spiro atoms. The van der Waals surface area contributed by atoms with E-state index in [1.165, 1.54) is 13.3 Å². The second kappa shape index (κ2) is 3.60. The van der Waals surface area contributed by atoms with Crippen LogP contribution in [0, 0.1) is 0 Å². The Morgan fingerprint density at radius 3 is 2.54 bits per heavy atom. The molecule has 0 aliphatic carbocycles. The topological polar surface area (TPSA) is 82.3 Å². The van der Waals surface area contributed by atoms with Gasteiger partial charge in [0.25, 0.3) is 0 Å². The number of hydrogen-bond donors (Lipinski definition) is 1. The number of aromatic nitrogens is 1. The molecule has 7 heteroatoms. The third-order valence-corrected chi connectivity index (χ3v) is 2.80. The number of nitrogens with two attached hydrogens (primary N) is 1. The first-order valence-electron chi connectivity index (χ1n) is 3.17. The molecule has 0 amide bonds. The van der Waals surface area contributed by atoms with Crippen molar-refractivity contribution in [2.75, 3.05) is 7.11 Å². The third kappa shape index (κ3) is 2.17. The first kappa shape index (κ1) is 10.4. The van der Waals surface area contributed by atoms with Gasteiger partial charge in [-0.2, -0.15) is 0 Å². The van der Waals surface area contributed by atoms with Crippen LogP contribution in [-0.2, 0) is 10.0 Å². The lowest BCUT2D eigenvalue weighted by molar-refractivity contribution is 0.399. The molecule has 0 aliphatic heterocycles. The van der Waals surface area contributed by atoms with Crippen molar-refractivity contribution >= 4 is 26.0 Å². The Hall–Kier alpha value is -0.660. The van der Waals surface area contributed by atoms with E-state index in [1.807, 2.05) is 0 Å². The molecule has 0 unspecified atom stereocenters. The maximum atomic E-state index is 11.0. The van der Waals surface area contributed by atoms with Crippen LogP contribution in [-0.4, -0.2) is 20.5 Å². The zero-order valence-corrected chi connectivity index (χ0v) is 9.09. The maximum absolute atomic E-state index is 11.0. The summed E-state index contributed by atoms with van der Waals surface area (Å²) in [5, 5.41) is 4.93. The number of rotatable bonds is 2. The summed E-state index contributed by atoms with van der Waals surface area (Å²) >= 11 is 3.09. The lowest BCUT2D eigenvalue weighted by atomic mass is 10.4. The van der Waals surface area contributed by atoms with Gasteiger partial charge in [0.05, 0.1) is 17.8 Å². The molecule has 72 valence electrons. The Morgan fingerprint density at radius 2 is 2.15 bits per heavy atom. The van der Waals surface area contributed by atoms with Crippen LogP contribution >= 0.6 is 15.9 Å². The Kier molecular flexibility index (Phi) is 2.89. The van der Waals surface area contributed by atoms with Crippen LogP contribution in [0.1, 0.15) is 0 Å². The van der Waals surface area contributed by atoms with E-state index >= 15 is 0 Å². The highest BCUT2D eigenvalue weighted by atomic mass is 79.9. The first-order chi connectivity index (χ1) is 5.96. The van der Waals surface area contributed by atoms with Gasteiger partial charge in [0.1, 0.15) is 4.90 Å². The van der Waals surface area contributed by atoms with Crippen molar-refractivity contribution in [3.8, 4) is 5.75 Å².